The molecule has 0 aliphatic rings. The largest absolute Gasteiger partial charge is 0.341 e. The molecule has 2 heterocycles. The van der Waals surface area contributed by atoms with E-state index in [4.69, 9.17) is 0 Å². The quantitative estimate of drug-likeness (QED) is 0.356. The van der Waals surface area contributed by atoms with Crippen molar-refractivity contribution in [1.82, 2.24) is 15.3 Å². The summed E-state index contributed by atoms with van der Waals surface area (Å²) in [5.41, 5.74) is 2.73. The van der Waals surface area contributed by atoms with Gasteiger partial charge < -0.3 is 5.32 Å². The third-order valence-corrected chi connectivity index (χ3v) is 6.81. The number of rotatable bonds is 4. The average molecular weight is 430 g/mol. The van der Waals surface area contributed by atoms with Crippen molar-refractivity contribution in [3.8, 4) is 11.8 Å². The van der Waals surface area contributed by atoms with Crippen LogP contribution in [-0.4, -0.2) is 22.4 Å². The van der Waals surface area contributed by atoms with E-state index < -0.39 is 0 Å². The van der Waals surface area contributed by atoms with Gasteiger partial charge in [-0.2, -0.15) is 0 Å². The van der Waals surface area contributed by atoms with E-state index in [9.17, 15) is 4.79 Å². The molecule has 2 aromatic carbocycles. The summed E-state index contributed by atoms with van der Waals surface area (Å²) in [5.74, 6) is 5.90. The molecule has 0 spiro atoms. The van der Waals surface area contributed by atoms with Crippen LogP contribution >= 0.6 is 23.1 Å². The number of aryl methyl sites for hydroxylation is 2. The van der Waals surface area contributed by atoms with Crippen LogP contribution in [0.1, 0.15) is 26.4 Å². The van der Waals surface area contributed by atoms with Crippen molar-refractivity contribution in [2.45, 2.75) is 23.8 Å². The van der Waals surface area contributed by atoms with Crippen LogP contribution in [0, 0.1) is 25.7 Å². The lowest BCUT2D eigenvalue weighted by Crippen LogP contribution is -2.24. The SMILES string of the molecule is Cc1sc2ncnc(Sc3ccccc3C(=O)NCC#Cc3ccccc3)c2c1C. The van der Waals surface area contributed by atoms with Crippen molar-refractivity contribution in [2.75, 3.05) is 6.54 Å². The van der Waals surface area contributed by atoms with Crippen LogP contribution in [0.3, 0.4) is 0 Å². The van der Waals surface area contributed by atoms with Gasteiger partial charge in [0, 0.05) is 20.7 Å². The predicted octanol–water partition coefficient (Wildman–Crippen LogP) is 5.24. The second kappa shape index (κ2) is 9.12. The molecule has 1 amide bonds. The lowest BCUT2D eigenvalue weighted by atomic mass is 10.2. The number of benzene rings is 2. The van der Waals surface area contributed by atoms with E-state index in [0.29, 0.717) is 5.56 Å². The Bertz CT molecular complexity index is 1270. The molecule has 0 aliphatic carbocycles. The molecule has 2 aromatic heterocycles. The molecule has 0 saturated heterocycles. The highest BCUT2D eigenvalue weighted by Gasteiger charge is 2.16. The Morgan fingerprint density at radius 1 is 1.07 bits per heavy atom. The second-order valence-corrected chi connectivity index (χ2v) is 8.82. The maximum atomic E-state index is 12.8. The second-order valence-electron chi connectivity index (χ2n) is 6.59. The van der Waals surface area contributed by atoms with Gasteiger partial charge in [-0.3, -0.25) is 4.79 Å². The number of thiophene rings is 1. The van der Waals surface area contributed by atoms with Crippen LogP contribution in [0.4, 0.5) is 0 Å². The van der Waals surface area contributed by atoms with Crippen molar-refractivity contribution >= 4 is 39.2 Å². The van der Waals surface area contributed by atoms with Gasteiger partial charge in [0.15, 0.2) is 0 Å². The zero-order valence-corrected chi connectivity index (χ0v) is 18.2. The molecule has 0 bridgehead atoms. The molecule has 0 unspecified atom stereocenters. The summed E-state index contributed by atoms with van der Waals surface area (Å²) in [7, 11) is 0. The van der Waals surface area contributed by atoms with E-state index in [1.54, 1.807) is 17.7 Å². The van der Waals surface area contributed by atoms with E-state index in [1.807, 2.05) is 54.6 Å². The van der Waals surface area contributed by atoms with Crippen molar-refractivity contribution < 1.29 is 4.79 Å². The van der Waals surface area contributed by atoms with Gasteiger partial charge in [0.05, 0.1) is 12.1 Å². The first kappa shape index (κ1) is 20.1. The van der Waals surface area contributed by atoms with E-state index in [0.717, 1.165) is 25.7 Å². The van der Waals surface area contributed by atoms with Gasteiger partial charge in [0.1, 0.15) is 16.2 Å². The maximum Gasteiger partial charge on any atom is 0.253 e. The molecule has 4 nitrogen and oxygen atoms in total. The van der Waals surface area contributed by atoms with Crippen molar-refractivity contribution in [1.29, 1.82) is 0 Å². The van der Waals surface area contributed by atoms with Gasteiger partial charge in [0.2, 0.25) is 0 Å². The number of nitrogens with one attached hydrogen (secondary N) is 1. The van der Waals surface area contributed by atoms with E-state index >= 15 is 0 Å². The lowest BCUT2D eigenvalue weighted by Gasteiger charge is -2.09. The first-order valence-corrected chi connectivity index (χ1v) is 11.1. The third kappa shape index (κ3) is 4.38. The molecule has 6 heteroatoms. The summed E-state index contributed by atoms with van der Waals surface area (Å²) in [6, 6.07) is 17.3. The summed E-state index contributed by atoms with van der Waals surface area (Å²) in [6.07, 6.45) is 1.59. The number of aromatic nitrogens is 2. The van der Waals surface area contributed by atoms with Gasteiger partial charge in [-0.15, -0.1) is 11.3 Å². The van der Waals surface area contributed by atoms with Crippen LogP contribution in [0.2, 0.25) is 0 Å². The normalized spacial score (nSPS) is 10.5. The molecule has 0 atom stereocenters. The van der Waals surface area contributed by atoms with Gasteiger partial charge in [-0.25, -0.2) is 9.97 Å². The van der Waals surface area contributed by atoms with Crippen molar-refractivity contribution in [3.63, 3.8) is 0 Å². The van der Waals surface area contributed by atoms with E-state index in [2.05, 4.69) is 41.0 Å². The number of nitrogens with zero attached hydrogens (tertiary/aromatic N) is 2. The van der Waals surface area contributed by atoms with Crippen LogP contribution in [0.25, 0.3) is 10.2 Å². The summed E-state index contributed by atoms with van der Waals surface area (Å²) >= 11 is 3.16. The highest BCUT2D eigenvalue weighted by atomic mass is 32.2. The zero-order valence-electron chi connectivity index (χ0n) is 16.6. The number of carbonyl (C=O) groups is 1. The molecule has 148 valence electrons. The van der Waals surface area contributed by atoms with Gasteiger partial charge in [0.25, 0.3) is 5.91 Å². The summed E-state index contributed by atoms with van der Waals surface area (Å²) in [4.78, 5) is 24.7. The van der Waals surface area contributed by atoms with Crippen LogP contribution in [-0.2, 0) is 0 Å². The fraction of sp³-hybridized carbons (Fsp3) is 0.125. The molecule has 30 heavy (non-hydrogen) atoms. The predicted molar refractivity (Wildman–Crippen MR) is 123 cm³/mol. The summed E-state index contributed by atoms with van der Waals surface area (Å²) in [6.45, 7) is 4.47. The zero-order chi connectivity index (χ0) is 20.9. The number of hydrogen-bond acceptors (Lipinski definition) is 5. The molecule has 0 radical (unpaired) electrons. The first-order chi connectivity index (χ1) is 14.6. The van der Waals surface area contributed by atoms with Crippen molar-refractivity contribution in [2.24, 2.45) is 0 Å². The van der Waals surface area contributed by atoms with Crippen LogP contribution in [0.5, 0.6) is 0 Å². The number of amides is 1. The van der Waals surface area contributed by atoms with Gasteiger partial charge in [-0.05, 0) is 43.7 Å². The first-order valence-electron chi connectivity index (χ1n) is 9.43. The minimum Gasteiger partial charge on any atom is -0.341 e. The Morgan fingerprint density at radius 2 is 1.83 bits per heavy atom. The third-order valence-electron chi connectivity index (χ3n) is 4.61. The maximum absolute atomic E-state index is 12.8. The summed E-state index contributed by atoms with van der Waals surface area (Å²) in [5, 5.41) is 4.82. The molecule has 0 saturated carbocycles. The standard InChI is InChI=1S/C24H19N3OS2/c1-16-17(2)29-23-21(16)24(27-15-26-23)30-20-13-7-6-12-19(20)22(28)25-14-8-11-18-9-4-3-5-10-18/h3-7,9-10,12-13,15H,14H2,1-2H3,(H,25,28). The molecule has 0 aliphatic heterocycles. The van der Waals surface area contributed by atoms with Crippen molar-refractivity contribution in [3.05, 3.63) is 82.5 Å². The monoisotopic (exact) mass is 429 g/mol. The van der Waals surface area contributed by atoms with Gasteiger partial charge in [-0.1, -0.05) is 53.9 Å². The highest BCUT2D eigenvalue weighted by molar-refractivity contribution is 7.99. The Labute approximate surface area is 183 Å². The molecule has 1 N–H and O–H groups in total. The molecular formula is C24H19N3OS2. The molecular weight excluding hydrogens is 410 g/mol. The molecule has 0 fully saturated rings. The fourth-order valence-electron chi connectivity index (χ4n) is 2.96. The summed E-state index contributed by atoms with van der Waals surface area (Å²) < 4.78 is 0. The van der Waals surface area contributed by atoms with Crippen LogP contribution in [0.15, 0.2) is 70.8 Å². The number of carbonyl (C=O) groups excluding carboxylic acids is 1. The Kier molecular flexibility index (Phi) is 6.12. The Hall–Kier alpha value is -3.14. The smallest absolute Gasteiger partial charge is 0.253 e. The Balaban J connectivity index is 1.53. The highest BCUT2D eigenvalue weighted by Crippen LogP contribution is 2.38. The van der Waals surface area contributed by atoms with Gasteiger partial charge >= 0.3 is 0 Å². The lowest BCUT2D eigenvalue weighted by molar-refractivity contribution is 0.0956. The molecule has 4 rings (SSSR count). The minimum atomic E-state index is -0.149. The topological polar surface area (TPSA) is 54.9 Å². The average Bonchev–Trinajstić information content (AvgIpc) is 3.07. The number of hydrogen-bond donors (Lipinski definition) is 1. The Morgan fingerprint density at radius 3 is 2.67 bits per heavy atom. The fourth-order valence-corrected chi connectivity index (χ4v) is 5.10. The minimum absolute atomic E-state index is 0.149. The van der Waals surface area contributed by atoms with E-state index in [1.165, 1.54) is 22.2 Å². The molecule has 4 aromatic rings. The van der Waals surface area contributed by atoms with Crippen LogP contribution < -0.4 is 5.32 Å². The van der Waals surface area contributed by atoms with E-state index in [-0.39, 0.29) is 12.5 Å². The number of fused-ring (bicyclic) bond motifs is 1.